The van der Waals surface area contributed by atoms with Gasteiger partial charge in [-0.25, -0.2) is 0 Å². The van der Waals surface area contributed by atoms with E-state index in [1.165, 1.54) is 32.8 Å². The van der Waals surface area contributed by atoms with E-state index in [2.05, 4.69) is 19.2 Å². The Labute approximate surface area is 126 Å². The molecule has 0 heterocycles. The summed E-state index contributed by atoms with van der Waals surface area (Å²) in [5, 5.41) is 14.3. The molecule has 1 saturated carbocycles. The zero-order valence-electron chi connectivity index (χ0n) is 12.5. The summed E-state index contributed by atoms with van der Waals surface area (Å²) in [5.74, 6) is 0.607. The molecular weight excluding hydrogens is 274 g/mol. The van der Waals surface area contributed by atoms with Crippen molar-refractivity contribution in [1.29, 1.82) is 0 Å². The molecule has 112 valence electrons. The van der Waals surface area contributed by atoms with Crippen molar-refractivity contribution in [3.8, 4) is 11.5 Å². The molecule has 0 bridgehead atoms. The van der Waals surface area contributed by atoms with Crippen LogP contribution in [0.2, 0.25) is 5.02 Å². The first-order chi connectivity index (χ1) is 9.44. The van der Waals surface area contributed by atoms with Crippen molar-refractivity contribution < 1.29 is 9.84 Å². The second-order valence-electron chi connectivity index (χ2n) is 6.28. The van der Waals surface area contributed by atoms with E-state index in [1.807, 2.05) is 0 Å². The molecule has 0 spiro atoms. The quantitative estimate of drug-likeness (QED) is 0.878. The molecular formula is C16H24ClNO2. The highest BCUT2D eigenvalue weighted by molar-refractivity contribution is 6.30. The molecule has 1 fully saturated rings. The van der Waals surface area contributed by atoms with Crippen LogP contribution in [0.3, 0.4) is 0 Å². The van der Waals surface area contributed by atoms with Crippen molar-refractivity contribution >= 4 is 11.6 Å². The van der Waals surface area contributed by atoms with E-state index in [0.29, 0.717) is 28.8 Å². The van der Waals surface area contributed by atoms with E-state index < -0.39 is 0 Å². The maximum absolute atomic E-state index is 10.1. The lowest BCUT2D eigenvalue weighted by molar-refractivity contribution is 0.166. The minimum atomic E-state index is 0.179. The van der Waals surface area contributed by atoms with Crippen LogP contribution in [0.4, 0.5) is 0 Å². The van der Waals surface area contributed by atoms with Crippen molar-refractivity contribution in [3.63, 3.8) is 0 Å². The Bertz CT molecular complexity index is 474. The van der Waals surface area contributed by atoms with E-state index >= 15 is 0 Å². The molecule has 0 radical (unpaired) electrons. The molecule has 2 rings (SSSR count). The highest BCUT2D eigenvalue weighted by Crippen LogP contribution is 2.37. The molecule has 1 aliphatic rings. The minimum absolute atomic E-state index is 0.179. The van der Waals surface area contributed by atoms with Gasteiger partial charge in [0.05, 0.1) is 7.11 Å². The van der Waals surface area contributed by atoms with Gasteiger partial charge in [0.15, 0.2) is 11.5 Å². The van der Waals surface area contributed by atoms with Crippen LogP contribution in [0, 0.1) is 5.41 Å². The van der Waals surface area contributed by atoms with Crippen LogP contribution < -0.4 is 10.1 Å². The first kappa shape index (κ1) is 15.5. The van der Waals surface area contributed by atoms with Crippen LogP contribution in [-0.4, -0.2) is 18.3 Å². The standard InChI is InChI=1S/C16H24ClNO2/c1-16(2)7-5-4-6-14(16)18-10-11-8-12(17)9-13(20-3)15(11)19/h8-9,14,18-19H,4-7,10H2,1-3H3. The van der Waals surface area contributed by atoms with Gasteiger partial charge in [-0.1, -0.05) is 38.3 Å². The molecule has 2 N–H and O–H groups in total. The van der Waals surface area contributed by atoms with Gasteiger partial charge in [0.2, 0.25) is 0 Å². The molecule has 20 heavy (non-hydrogen) atoms. The van der Waals surface area contributed by atoms with Crippen molar-refractivity contribution in [2.45, 2.75) is 52.1 Å². The lowest BCUT2D eigenvalue weighted by atomic mass is 9.73. The van der Waals surface area contributed by atoms with Gasteiger partial charge in [0.25, 0.3) is 0 Å². The van der Waals surface area contributed by atoms with Crippen molar-refractivity contribution in [2.75, 3.05) is 7.11 Å². The van der Waals surface area contributed by atoms with Gasteiger partial charge in [-0.05, 0) is 24.3 Å². The van der Waals surface area contributed by atoms with Gasteiger partial charge in [0, 0.05) is 29.2 Å². The molecule has 0 aliphatic heterocycles. The van der Waals surface area contributed by atoms with Crippen LogP contribution in [0.15, 0.2) is 12.1 Å². The molecule has 0 amide bonds. The average Bonchev–Trinajstić information content (AvgIpc) is 2.40. The summed E-state index contributed by atoms with van der Waals surface area (Å²) in [6.45, 7) is 5.22. The summed E-state index contributed by atoms with van der Waals surface area (Å²) in [6, 6.07) is 3.90. The number of hydrogen-bond donors (Lipinski definition) is 2. The molecule has 1 atom stereocenters. The molecule has 0 saturated heterocycles. The van der Waals surface area contributed by atoms with Gasteiger partial charge >= 0.3 is 0 Å². The zero-order valence-corrected chi connectivity index (χ0v) is 13.3. The zero-order chi connectivity index (χ0) is 14.8. The molecule has 1 aromatic rings. The normalized spacial score (nSPS) is 21.7. The Morgan fingerprint density at radius 1 is 1.40 bits per heavy atom. The number of aromatic hydroxyl groups is 1. The third-order valence-corrected chi connectivity index (χ3v) is 4.60. The Kier molecular flexibility index (Phi) is 4.82. The van der Waals surface area contributed by atoms with E-state index in [1.54, 1.807) is 12.1 Å². The SMILES string of the molecule is COc1cc(Cl)cc(CNC2CCCCC2(C)C)c1O. The number of benzene rings is 1. The van der Waals surface area contributed by atoms with E-state index in [4.69, 9.17) is 16.3 Å². The summed E-state index contributed by atoms with van der Waals surface area (Å²) in [5.41, 5.74) is 1.09. The van der Waals surface area contributed by atoms with Crippen LogP contribution in [0.1, 0.15) is 45.1 Å². The molecule has 1 unspecified atom stereocenters. The van der Waals surface area contributed by atoms with E-state index in [9.17, 15) is 5.11 Å². The third-order valence-electron chi connectivity index (χ3n) is 4.38. The highest BCUT2D eigenvalue weighted by atomic mass is 35.5. The second kappa shape index (κ2) is 6.23. The second-order valence-corrected chi connectivity index (χ2v) is 6.72. The van der Waals surface area contributed by atoms with Crippen LogP contribution in [-0.2, 0) is 6.54 Å². The fourth-order valence-electron chi connectivity index (χ4n) is 3.02. The van der Waals surface area contributed by atoms with Crippen molar-refractivity contribution in [1.82, 2.24) is 5.32 Å². The van der Waals surface area contributed by atoms with Gasteiger partial charge < -0.3 is 15.2 Å². The number of hydrogen-bond acceptors (Lipinski definition) is 3. The Hall–Kier alpha value is -0.930. The number of ether oxygens (including phenoxy) is 1. The maximum atomic E-state index is 10.1. The Morgan fingerprint density at radius 3 is 2.80 bits per heavy atom. The fraction of sp³-hybridized carbons (Fsp3) is 0.625. The Morgan fingerprint density at radius 2 is 2.15 bits per heavy atom. The summed E-state index contributed by atoms with van der Waals surface area (Å²) in [7, 11) is 1.53. The van der Waals surface area contributed by atoms with Gasteiger partial charge in [-0.3, -0.25) is 0 Å². The first-order valence-corrected chi connectivity index (χ1v) is 7.60. The lowest BCUT2D eigenvalue weighted by Crippen LogP contribution is -2.43. The van der Waals surface area contributed by atoms with Crippen molar-refractivity contribution in [3.05, 3.63) is 22.7 Å². The first-order valence-electron chi connectivity index (χ1n) is 7.23. The van der Waals surface area contributed by atoms with Crippen LogP contribution >= 0.6 is 11.6 Å². The Balaban J connectivity index is 2.09. The lowest BCUT2D eigenvalue weighted by Gasteiger charge is -2.39. The van der Waals surface area contributed by atoms with Crippen LogP contribution in [0.5, 0.6) is 11.5 Å². The summed E-state index contributed by atoms with van der Waals surface area (Å²) >= 11 is 6.06. The number of phenols is 1. The molecule has 4 heteroatoms. The molecule has 1 aliphatic carbocycles. The smallest absolute Gasteiger partial charge is 0.162 e. The largest absolute Gasteiger partial charge is 0.504 e. The van der Waals surface area contributed by atoms with Gasteiger partial charge in [0.1, 0.15) is 0 Å². The summed E-state index contributed by atoms with van der Waals surface area (Å²) in [4.78, 5) is 0. The topological polar surface area (TPSA) is 41.5 Å². The predicted molar refractivity (Wildman–Crippen MR) is 82.5 cm³/mol. The van der Waals surface area contributed by atoms with E-state index in [-0.39, 0.29) is 5.75 Å². The van der Waals surface area contributed by atoms with Gasteiger partial charge in [-0.15, -0.1) is 0 Å². The number of phenolic OH excluding ortho intramolecular Hbond substituents is 1. The van der Waals surface area contributed by atoms with Gasteiger partial charge in [-0.2, -0.15) is 0 Å². The summed E-state index contributed by atoms with van der Waals surface area (Å²) in [6.07, 6.45) is 5.01. The minimum Gasteiger partial charge on any atom is -0.504 e. The molecule has 3 nitrogen and oxygen atoms in total. The average molecular weight is 298 g/mol. The fourth-order valence-corrected chi connectivity index (χ4v) is 3.26. The molecule has 1 aromatic carbocycles. The van der Waals surface area contributed by atoms with Crippen LogP contribution in [0.25, 0.3) is 0 Å². The third kappa shape index (κ3) is 3.39. The summed E-state index contributed by atoms with van der Waals surface area (Å²) < 4.78 is 5.14. The van der Waals surface area contributed by atoms with Crippen molar-refractivity contribution in [2.24, 2.45) is 5.41 Å². The monoisotopic (exact) mass is 297 g/mol. The number of methoxy groups -OCH3 is 1. The van der Waals surface area contributed by atoms with E-state index in [0.717, 1.165) is 5.56 Å². The number of rotatable bonds is 4. The molecule has 0 aromatic heterocycles. The maximum Gasteiger partial charge on any atom is 0.162 e. The highest BCUT2D eigenvalue weighted by Gasteiger charge is 2.31. The predicted octanol–water partition coefficient (Wildman–Crippen LogP) is 4.11. The number of halogens is 1. The number of nitrogens with one attached hydrogen (secondary N) is 1.